The van der Waals surface area contributed by atoms with E-state index in [2.05, 4.69) is 20.9 Å². The van der Waals surface area contributed by atoms with Crippen LogP contribution in [0.15, 0.2) is 12.1 Å². The van der Waals surface area contributed by atoms with Gasteiger partial charge in [-0.15, -0.1) is 0 Å². The van der Waals surface area contributed by atoms with Gasteiger partial charge in [0.05, 0.1) is 17.6 Å². The molecule has 232 valence electrons. The summed E-state index contributed by atoms with van der Waals surface area (Å²) in [6, 6.07) is 5.36. The van der Waals surface area contributed by atoms with Gasteiger partial charge in [-0.05, 0) is 95.0 Å². The number of hydrogen-bond donors (Lipinski definition) is 1. The van der Waals surface area contributed by atoms with E-state index >= 15 is 4.39 Å². The maximum absolute atomic E-state index is 16.5. The Bertz CT molecular complexity index is 1630. The summed E-state index contributed by atoms with van der Waals surface area (Å²) in [6.07, 6.45) is 10.00. The Labute approximate surface area is 262 Å². The second-order valence-electron chi connectivity index (χ2n) is 13.0. The van der Waals surface area contributed by atoms with E-state index < -0.39 is 5.82 Å². The molecule has 4 fully saturated rings. The van der Waals surface area contributed by atoms with Gasteiger partial charge in [0.15, 0.2) is 5.82 Å². The maximum atomic E-state index is 16.5. The van der Waals surface area contributed by atoms with E-state index in [1.165, 1.54) is 18.6 Å². The van der Waals surface area contributed by atoms with E-state index in [-0.39, 0.29) is 46.3 Å². The molecule has 2 aliphatic carbocycles. The lowest BCUT2D eigenvalue weighted by molar-refractivity contribution is 0.108. The molecule has 0 unspecified atom stereocenters. The zero-order valence-electron chi connectivity index (χ0n) is 25.3. The molecule has 5 aliphatic rings. The first-order valence-electron chi connectivity index (χ1n) is 15.8. The molecule has 1 N–H and O–H groups in total. The lowest BCUT2D eigenvalue weighted by atomic mass is 9.87. The van der Waals surface area contributed by atoms with Crippen molar-refractivity contribution in [2.24, 2.45) is 5.92 Å². The van der Waals surface area contributed by atoms with Gasteiger partial charge in [-0.3, -0.25) is 4.90 Å². The van der Waals surface area contributed by atoms with Gasteiger partial charge < -0.3 is 19.5 Å². The van der Waals surface area contributed by atoms with Crippen molar-refractivity contribution < 1.29 is 19.0 Å². The molecule has 0 radical (unpaired) electrons. The lowest BCUT2D eigenvalue weighted by Gasteiger charge is -2.31. The maximum Gasteiger partial charge on any atom is 0.319 e. The number of halogens is 2. The number of nitrogens with zero attached hydrogens (tertiary/aromatic N) is 6. The van der Waals surface area contributed by atoms with Crippen molar-refractivity contribution in [2.45, 2.75) is 82.2 Å². The van der Waals surface area contributed by atoms with Crippen LogP contribution in [0.2, 0.25) is 5.02 Å². The minimum Gasteiger partial charge on any atom is -0.508 e. The molecule has 0 spiro atoms. The quantitative estimate of drug-likeness (QED) is 0.337. The number of anilines is 1. The molecule has 0 amide bonds. The second-order valence-corrected chi connectivity index (χ2v) is 13.4. The van der Waals surface area contributed by atoms with Crippen LogP contribution in [-0.2, 0) is 0 Å². The predicted octanol–water partition coefficient (Wildman–Crippen LogP) is 6.60. The molecule has 2 saturated heterocycles. The molecular weight excluding hydrogens is 583 g/mol. The van der Waals surface area contributed by atoms with Gasteiger partial charge in [0.1, 0.15) is 41.4 Å². The van der Waals surface area contributed by atoms with Crippen molar-refractivity contribution >= 4 is 28.3 Å². The minimum absolute atomic E-state index is 0.0132. The van der Waals surface area contributed by atoms with Gasteiger partial charge in [-0.1, -0.05) is 18.0 Å². The molecule has 2 aromatic heterocycles. The first-order chi connectivity index (χ1) is 21.3. The highest BCUT2D eigenvalue weighted by molar-refractivity contribution is 6.32. The molecule has 11 heteroatoms. The average Bonchev–Trinajstić information content (AvgIpc) is 3.63. The molecule has 3 aliphatic heterocycles. The number of aromatic hydroxyl groups is 1. The van der Waals surface area contributed by atoms with Gasteiger partial charge in [0.25, 0.3) is 0 Å². The number of rotatable bonds is 5. The van der Waals surface area contributed by atoms with Crippen LogP contribution in [0.1, 0.15) is 76.2 Å². The van der Waals surface area contributed by atoms with Crippen LogP contribution in [0.4, 0.5) is 10.2 Å². The summed E-state index contributed by atoms with van der Waals surface area (Å²) in [5.41, 5.74) is 1.44. The molecule has 5 heterocycles. The van der Waals surface area contributed by atoms with Crippen molar-refractivity contribution in [1.82, 2.24) is 19.9 Å². The third-order valence-corrected chi connectivity index (χ3v) is 10.4. The first kappa shape index (κ1) is 29.3. The van der Waals surface area contributed by atoms with Gasteiger partial charge in [0.2, 0.25) is 5.88 Å². The number of phenolic OH excluding ortho intramolecular Hbond substituents is 1. The molecule has 8 rings (SSSR count). The Kier molecular flexibility index (Phi) is 7.66. The third kappa shape index (κ3) is 5.18. The Morgan fingerprint density at radius 1 is 1.14 bits per heavy atom. The van der Waals surface area contributed by atoms with Crippen LogP contribution in [0.3, 0.4) is 0 Å². The highest BCUT2D eigenvalue weighted by Crippen LogP contribution is 2.50. The molecule has 44 heavy (non-hydrogen) atoms. The van der Waals surface area contributed by atoms with E-state index in [9.17, 15) is 5.11 Å². The number of likely N-dealkylation sites (N-methyl/N-ethyl adjacent to an activating group) is 1. The number of aromatic nitrogens is 3. The topological polar surface area (TPSA) is 108 Å². The van der Waals surface area contributed by atoms with E-state index in [1.807, 2.05) is 18.9 Å². The summed E-state index contributed by atoms with van der Waals surface area (Å²) < 4.78 is 28.8. The standard InChI is InChI=1S/C28H31ClFN5O3.C5H7N/c1-15-13-37-26-21-24(22(30)23(31-26)18-11-17(36)12-19(29)20(18)16-5-6-16)32-27(33-25(21)34(15)2)38-14-28-7-3-9-35(28)10-4-8-28;6-4-5-2-1-3-5/h11-12,15-16,36H,3-10,13-14H2,1-2H3;5H,1-3H2/t15-;/m0./s1. The van der Waals surface area contributed by atoms with Crippen LogP contribution in [-0.4, -0.2) is 69.9 Å². The van der Waals surface area contributed by atoms with E-state index in [4.69, 9.17) is 31.3 Å². The molecule has 0 bridgehead atoms. The number of fused-ring (bicyclic) bond motifs is 1. The fourth-order valence-electron chi connectivity index (χ4n) is 7.01. The molecule has 9 nitrogen and oxygen atoms in total. The number of phenols is 1. The SMILES string of the molecule is C[C@H]1COc2nc(-c3cc(O)cc(Cl)c3C3CC3)c(F)c3nc(OCC45CCCN4CCC5)nc(c23)N1C.N#CC1CCC1. The number of pyridine rings is 1. The van der Waals surface area contributed by atoms with E-state index in [0.29, 0.717) is 40.9 Å². The third-order valence-electron chi connectivity index (χ3n) is 10.1. The van der Waals surface area contributed by atoms with E-state index in [0.717, 1.165) is 70.0 Å². The Morgan fingerprint density at radius 3 is 2.52 bits per heavy atom. The monoisotopic (exact) mass is 620 g/mol. The number of ether oxygens (including phenoxy) is 2. The highest BCUT2D eigenvalue weighted by atomic mass is 35.5. The highest BCUT2D eigenvalue weighted by Gasteiger charge is 2.45. The molecule has 2 saturated carbocycles. The van der Waals surface area contributed by atoms with Crippen molar-refractivity contribution in [3.8, 4) is 35.0 Å². The van der Waals surface area contributed by atoms with Crippen LogP contribution in [0.5, 0.6) is 17.6 Å². The summed E-state index contributed by atoms with van der Waals surface area (Å²) >= 11 is 6.54. The number of nitriles is 1. The Morgan fingerprint density at radius 2 is 1.89 bits per heavy atom. The Balaban J connectivity index is 0.000000468. The summed E-state index contributed by atoms with van der Waals surface area (Å²) in [5, 5.41) is 19.3. The fourth-order valence-corrected chi connectivity index (χ4v) is 7.38. The number of hydrogen-bond acceptors (Lipinski definition) is 9. The van der Waals surface area contributed by atoms with E-state index in [1.54, 1.807) is 0 Å². The minimum atomic E-state index is -0.603. The normalized spacial score (nSPS) is 22.3. The van der Waals surface area contributed by atoms with Gasteiger partial charge >= 0.3 is 6.01 Å². The van der Waals surface area contributed by atoms with Crippen LogP contribution >= 0.6 is 11.6 Å². The van der Waals surface area contributed by atoms with Crippen molar-refractivity contribution in [3.63, 3.8) is 0 Å². The van der Waals surface area contributed by atoms with Crippen molar-refractivity contribution in [2.75, 3.05) is 38.3 Å². The van der Waals surface area contributed by atoms with Crippen molar-refractivity contribution in [1.29, 1.82) is 5.26 Å². The predicted molar refractivity (Wildman–Crippen MR) is 166 cm³/mol. The first-order valence-corrected chi connectivity index (χ1v) is 16.2. The summed E-state index contributed by atoms with van der Waals surface area (Å²) in [6.45, 7) is 5.03. The Hall–Kier alpha value is -3.42. The smallest absolute Gasteiger partial charge is 0.319 e. The van der Waals surface area contributed by atoms with Crippen LogP contribution in [0, 0.1) is 23.1 Å². The molecule has 1 aromatic carbocycles. The molecule has 3 aromatic rings. The van der Waals surface area contributed by atoms with Crippen LogP contribution < -0.4 is 14.4 Å². The summed E-state index contributed by atoms with van der Waals surface area (Å²) in [5.74, 6) is 0.790. The van der Waals surface area contributed by atoms with Gasteiger partial charge in [0, 0.05) is 23.6 Å². The second kappa shape index (κ2) is 11.5. The molecule has 1 atom stereocenters. The average molecular weight is 621 g/mol. The zero-order valence-corrected chi connectivity index (χ0v) is 26.0. The van der Waals surface area contributed by atoms with Gasteiger partial charge in [-0.2, -0.15) is 15.2 Å². The van der Waals surface area contributed by atoms with Crippen LogP contribution in [0.25, 0.3) is 22.2 Å². The summed E-state index contributed by atoms with van der Waals surface area (Å²) in [4.78, 5) is 18.5. The van der Waals surface area contributed by atoms with Gasteiger partial charge in [-0.25, -0.2) is 9.37 Å². The summed E-state index contributed by atoms with van der Waals surface area (Å²) in [7, 11) is 1.91. The van der Waals surface area contributed by atoms with Crippen molar-refractivity contribution in [3.05, 3.63) is 28.5 Å². The zero-order chi connectivity index (χ0) is 30.6. The fraction of sp³-hybridized carbons (Fsp3) is 0.576. The lowest BCUT2D eigenvalue weighted by Crippen LogP contribution is -2.43. The molecular formula is C33H38ClFN6O3. The number of benzene rings is 1. The largest absolute Gasteiger partial charge is 0.508 e.